The molecule has 1 aliphatic carbocycles. The highest BCUT2D eigenvalue weighted by Gasteiger charge is 2.31. The van der Waals surface area contributed by atoms with Crippen LogP contribution in [0.15, 0.2) is 10.6 Å². The standard InChI is InChI=1S/C14H24N2O/c1-10-5-12(7-14(3,4)6-10)15-9-13-16-8-11(2)17-13/h8,10,12,15H,5-7,9H2,1-4H3. The van der Waals surface area contributed by atoms with E-state index in [1.807, 2.05) is 6.92 Å². The van der Waals surface area contributed by atoms with E-state index >= 15 is 0 Å². The van der Waals surface area contributed by atoms with Crippen LogP contribution >= 0.6 is 0 Å². The molecule has 0 aliphatic heterocycles. The topological polar surface area (TPSA) is 38.1 Å². The van der Waals surface area contributed by atoms with Crippen molar-refractivity contribution in [1.82, 2.24) is 10.3 Å². The second kappa shape index (κ2) is 4.81. The fourth-order valence-electron chi connectivity index (χ4n) is 3.22. The Labute approximate surface area is 104 Å². The molecule has 1 heterocycles. The minimum atomic E-state index is 0.460. The van der Waals surface area contributed by atoms with Crippen LogP contribution in [0.25, 0.3) is 0 Å². The van der Waals surface area contributed by atoms with Crippen molar-refractivity contribution in [2.24, 2.45) is 11.3 Å². The van der Waals surface area contributed by atoms with Gasteiger partial charge in [-0.25, -0.2) is 4.98 Å². The predicted molar refractivity (Wildman–Crippen MR) is 68.7 cm³/mol. The first-order valence-electron chi connectivity index (χ1n) is 6.59. The molecule has 1 saturated carbocycles. The summed E-state index contributed by atoms with van der Waals surface area (Å²) in [6.45, 7) is 9.77. The Morgan fingerprint density at radius 3 is 2.82 bits per heavy atom. The molecule has 2 atom stereocenters. The van der Waals surface area contributed by atoms with Gasteiger partial charge in [0.05, 0.1) is 12.7 Å². The molecule has 2 unspecified atom stereocenters. The Bertz CT molecular complexity index is 370. The van der Waals surface area contributed by atoms with Gasteiger partial charge in [0.2, 0.25) is 5.89 Å². The molecule has 1 aromatic heterocycles. The third-order valence-corrected chi connectivity index (χ3v) is 3.60. The zero-order valence-corrected chi connectivity index (χ0v) is 11.4. The second-order valence-electron chi connectivity index (χ2n) is 6.36. The molecule has 0 spiro atoms. The number of nitrogens with zero attached hydrogens (tertiary/aromatic N) is 1. The van der Waals surface area contributed by atoms with Gasteiger partial charge in [0.1, 0.15) is 5.76 Å². The lowest BCUT2D eigenvalue weighted by molar-refractivity contribution is 0.149. The van der Waals surface area contributed by atoms with Crippen LogP contribution < -0.4 is 5.32 Å². The molecular formula is C14H24N2O. The number of oxazole rings is 1. The molecule has 0 saturated heterocycles. The number of hydrogen-bond acceptors (Lipinski definition) is 3. The molecule has 1 fully saturated rings. The molecule has 2 rings (SSSR count). The van der Waals surface area contributed by atoms with E-state index in [0.29, 0.717) is 11.5 Å². The van der Waals surface area contributed by atoms with Crippen molar-refractivity contribution in [3.05, 3.63) is 17.8 Å². The molecule has 3 nitrogen and oxygen atoms in total. The highest BCUT2D eigenvalue weighted by Crippen LogP contribution is 2.38. The molecule has 0 amide bonds. The van der Waals surface area contributed by atoms with E-state index in [9.17, 15) is 0 Å². The smallest absolute Gasteiger partial charge is 0.208 e. The molecule has 3 heteroatoms. The first kappa shape index (κ1) is 12.6. The van der Waals surface area contributed by atoms with Crippen LogP contribution in [-0.4, -0.2) is 11.0 Å². The minimum absolute atomic E-state index is 0.460. The van der Waals surface area contributed by atoms with Crippen molar-refractivity contribution in [3.63, 3.8) is 0 Å². The summed E-state index contributed by atoms with van der Waals surface area (Å²) < 4.78 is 5.48. The highest BCUT2D eigenvalue weighted by atomic mass is 16.4. The number of aromatic nitrogens is 1. The Morgan fingerprint density at radius 2 is 2.24 bits per heavy atom. The van der Waals surface area contributed by atoms with E-state index in [0.717, 1.165) is 24.1 Å². The summed E-state index contributed by atoms with van der Waals surface area (Å²) in [5, 5.41) is 3.58. The lowest BCUT2D eigenvalue weighted by atomic mass is 9.70. The number of aryl methyl sites for hydroxylation is 1. The van der Waals surface area contributed by atoms with Crippen LogP contribution in [0.1, 0.15) is 51.7 Å². The lowest BCUT2D eigenvalue weighted by Crippen LogP contribution is -2.39. The fourth-order valence-corrected chi connectivity index (χ4v) is 3.22. The SMILES string of the molecule is Cc1cnc(CNC2CC(C)CC(C)(C)C2)o1. The van der Waals surface area contributed by atoms with Crippen molar-refractivity contribution in [2.45, 2.75) is 59.5 Å². The van der Waals surface area contributed by atoms with Crippen molar-refractivity contribution >= 4 is 0 Å². The van der Waals surface area contributed by atoms with Gasteiger partial charge in [-0.1, -0.05) is 20.8 Å². The van der Waals surface area contributed by atoms with E-state index in [1.54, 1.807) is 6.20 Å². The number of rotatable bonds is 3. The van der Waals surface area contributed by atoms with Gasteiger partial charge < -0.3 is 9.73 Å². The zero-order valence-electron chi connectivity index (χ0n) is 11.4. The average molecular weight is 236 g/mol. The summed E-state index contributed by atoms with van der Waals surface area (Å²) in [5.41, 5.74) is 0.460. The number of nitrogens with one attached hydrogen (secondary N) is 1. The van der Waals surface area contributed by atoms with Crippen LogP contribution in [0, 0.1) is 18.3 Å². The maximum atomic E-state index is 5.48. The Kier molecular flexibility index (Phi) is 3.57. The average Bonchev–Trinajstić information content (AvgIpc) is 2.58. The van der Waals surface area contributed by atoms with Crippen molar-refractivity contribution in [1.29, 1.82) is 0 Å². The summed E-state index contributed by atoms with van der Waals surface area (Å²) in [7, 11) is 0. The molecular weight excluding hydrogens is 212 g/mol. The Balaban J connectivity index is 1.86. The Hall–Kier alpha value is -0.830. The minimum Gasteiger partial charge on any atom is -0.445 e. The largest absolute Gasteiger partial charge is 0.445 e. The monoisotopic (exact) mass is 236 g/mol. The van der Waals surface area contributed by atoms with Crippen LogP contribution in [0.3, 0.4) is 0 Å². The van der Waals surface area contributed by atoms with Crippen LogP contribution in [-0.2, 0) is 6.54 Å². The van der Waals surface area contributed by atoms with E-state index in [1.165, 1.54) is 19.3 Å². The van der Waals surface area contributed by atoms with Gasteiger partial charge in [-0.3, -0.25) is 0 Å². The second-order valence-corrected chi connectivity index (χ2v) is 6.36. The first-order valence-corrected chi connectivity index (χ1v) is 6.59. The van der Waals surface area contributed by atoms with Crippen molar-refractivity contribution in [2.75, 3.05) is 0 Å². The summed E-state index contributed by atoms with van der Waals surface area (Å²) in [4.78, 5) is 4.23. The zero-order chi connectivity index (χ0) is 12.5. The van der Waals surface area contributed by atoms with Gasteiger partial charge in [-0.05, 0) is 37.5 Å². The van der Waals surface area contributed by atoms with Gasteiger partial charge in [0, 0.05) is 6.04 Å². The predicted octanol–water partition coefficient (Wildman–Crippen LogP) is 3.29. The first-order chi connectivity index (χ1) is 7.94. The normalized spacial score (nSPS) is 28.2. The summed E-state index contributed by atoms with van der Waals surface area (Å²) in [6, 6.07) is 0.598. The molecule has 1 aromatic rings. The lowest BCUT2D eigenvalue weighted by Gasteiger charge is -2.39. The van der Waals surface area contributed by atoms with E-state index in [4.69, 9.17) is 4.42 Å². The molecule has 96 valence electrons. The number of hydrogen-bond donors (Lipinski definition) is 1. The van der Waals surface area contributed by atoms with E-state index in [-0.39, 0.29) is 0 Å². The van der Waals surface area contributed by atoms with Gasteiger partial charge in [-0.2, -0.15) is 0 Å². The summed E-state index contributed by atoms with van der Waals surface area (Å²) >= 11 is 0. The van der Waals surface area contributed by atoms with Crippen LogP contribution in [0.2, 0.25) is 0 Å². The maximum Gasteiger partial charge on any atom is 0.208 e. The van der Waals surface area contributed by atoms with Crippen LogP contribution in [0.5, 0.6) is 0 Å². The molecule has 1 aliphatic rings. The highest BCUT2D eigenvalue weighted by molar-refractivity contribution is 4.92. The fraction of sp³-hybridized carbons (Fsp3) is 0.786. The molecule has 1 N–H and O–H groups in total. The van der Waals surface area contributed by atoms with E-state index in [2.05, 4.69) is 31.1 Å². The molecule has 17 heavy (non-hydrogen) atoms. The van der Waals surface area contributed by atoms with Gasteiger partial charge in [-0.15, -0.1) is 0 Å². The van der Waals surface area contributed by atoms with Crippen molar-refractivity contribution < 1.29 is 4.42 Å². The van der Waals surface area contributed by atoms with Crippen molar-refractivity contribution in [3.8, 4) is 0 Å². The van der Waals surface area contributed by atoms with Gasteiger partial charge >= 0.3 is 0 Å². The summed E-state index contributed by atoms with van der Waals surface area (Å²) in [5.74, 6) is 2.50. The molecule has 0 radical (unpaired) electrons. The Morgan fingerprint density at radius 1 is 1.47 bits per heavy atom. The molecule has 0 aromatic carbocycles. The van der Waals surface area contributed by atoms with E-state index < -0.39 is 0 Å². The van der Waals surface area contributed by atoms with Gasteiger partial charge in [0.15, 0.2) is 0 Å². The van der Waals surface area contributed by atoms with Crippen LogP contribution in [0.4, 0.5) is 0 Å². The summed E-state index contributed by atoms with van der Waals surface area (Å²) in [6.07, 6.45) is 5.63. The third kappa shape index (κ3) is 3.56. The molecule has 0 bridgehead atoms. The third-order valence-electron chi connectivity index (χ3n) is 3.60. The van der Waals surface area contributed by atoms with Gasteiger partial charge in [0.25, 0.3) is 0 Å². The quantitative estimate of drug-likeness (QED) is 0.875. The maximum absolute atomic E-state index is 5.48.